The van der Waals surface area contributed by atoms with Gasteiger partial charge >= 0.3 is 0 Å². The smallest absolute Gasteiger partial charge is 0.273 e. The average molecular weight is 438 g/mol. The zero-order chi connectivity index (χ0) is 15.6. The molecule has 114 valence electrons. The van der Waals surface area contributed by atoms with Crippen LogP contribution >= 0.6 is 31.9 Å². The number of rotatable bonds is 5. The summed E-state index contributed by atoms with van der Waals surface area (Å²) >= 11 is 6.98. The molecule has 0 aliphatic carbocycles. The second-order valence-electron chi connectivity index (χ2n) is 4.39. The zero-order valence-corrected chi connectivity index (χ0v) is 15.4. The van der Waals surface area contributed by atoms with E-state index < -0.39 is 10.0 Å². The number of halogens is 2. The molecule has 2 rings (SSSR count). The predicted molar refractivity (Wildman–Crippen MR) is 88.9 cm³/mol. The minimum absolute atomic E-state index is 0.0937. The van der Waals surface area contributed by atoms with Crippen LogP contribution in [0.1, 0.15) is 11.3 Å². The first-order valence-electron chi connectivity index (χ1n) is 6.05. The molecule has 0 bridgehead atoms. The summed E-state index contributed by atoms with van der Waals surface area (Å²) in [7, 11) is -2.20. The van der Waals surface area contributed by atoms with E-state index in [1.54, 1.807) is 6.07 Å². The Balaban J connectivity index is 2.15. The molecule has 0 spiro atoms. The lowest BCUT2D eigenvalue weighted by Gasteiger charge is -2.10. The molecule has 0 saturated heterocycles. The van der Waals surface area contributed by atoms with Crippen molar-refractivity contribution in [2.75, 3.05) is 12.4 Å². The van der Waals surface area contributed by atoms with Gasteiger partial charge in [0.1, 0.15) is 5.76 Å². The molecule has 0 aliphatic heterocycles. The first-order valence-corrected chi connectivity index (χ1v) is 9.12. The van der Waals surface area contributed by atoms with Crippen molar-refractivity contribution in [1.82, 2.24) is 4.72 Å². The number of sulfonamides is 1. The third kappa shape index (κ3) is 3.88. The van der Waals surface area contributed by atoms with Crippen LogP contribution in [0.5, 0.6) is 0 Å². The van der Waals surface area contributed by atoms with E-state index in [-0.39, 0.29) is 5.09 Å². The Morgan fingerprint density at radius 1 is 1.19 bits per heavy atom. The molecule has 2 N–H and O–H groups in total. The molecule has 1 aromatic carbocycles. The molecular weight excluding hydrogens is 424 g/mol. The first-order chi connectivity index (χ1) is 9.83. The van der Waals surface area contributed by atoms with Crippen LogP contribution in [0.3, 0.4) is 0 Å². The Labute approximate surface area is 140 Å². The maximum atomic E-state index is 11.6. The maximum Gasteiger partial charge on any atom is 0.273 e. The molecule has 21 heavy (non-hydrogen) atoms. The Bertz CT molecular complexity index is 734. The van der Waals surface area contributed by atoms with Crippen molar-refractivity contribution < 1.29 is 12.8 Å². The van der Waals surface area contributed by atoms with Crippen LogP contribution in [0.2, 0.25) is 0 Å². The molecule has 0 radical (unpaired) electrons. The minimum Gasteiger partial charge on any atom is -0.446 e. The van der Waals surface area contributed by atoms with Crippen LogP contribution in [-0.4, -0.2) is 15.5 Å². The van der Waals surface area contributed by atoms with E-state index in [1.807, 2.05) is 19.1 Å². The minimum atomic E-state index is -3.55. The Hall–Kier alpha value is -0.830. The summed E-state index contributed by atoms with van der Waals surface area (Å²) < 4.78 is 32.6. The molecular formula is C13H14Br2N2O3S. The molecule has 8 heteroatoms. The quantitative estimate of drug-likeness (QED) is 0.749. The second-order valence-corrected chi connectivity index (χ2v) is 7.91. The molecule has 5 nitrogen and oxygen atoms in total. The van der Waals surface area contributed by atoms with Gasteiger partial charge in [0.2, 0.25) is 5.09 Å². The van der Waals surface area contributed by atoms with Gasteiger partial charge in [0, 0.05) is 8.95 Å². The first kappa shape index (κ1) is 16.5. The fourth-order valence-electron chi connectivity index (χ4n) is 1.74. The van der Waals surface area contributed by atoms with Crippen molar-refractivity contribution in [3.05, 3.63) is 44.5 Å². The number of hydrogen-bond donors (Lipinski definition) is 2. The van der Waals surface area contributed by atoms with Crippen molar-refractivity contribution in [3.8, 4) is 0 Å². The standard InChI is InChI=1S/C13H14Br2N2O3S/c1-8-5-10(14)13(11(15)6-8)17-7-9-3-4-12(20-9)21(18,19)16-2/h3-6,16-17H,7H2,1-2H3. The van der Waals surface area contributed by atoms with Gasteiger partial charge in [-0.15, -0.1) is 0 Å². The third-order valence-corrected chi connectivity index (χ3v) is 5.33. The number of anilines is 1. The molecule has 0 saturated carbocycles. The maximum absolute atomic E-state index is 11.6. The third-order valence-electron chi connectivity index (χ3n) is 2.80. The summed E-state index contributed by atoms with van der Waals surface area (Å²) in [6, 6.07) is 7.05. The van der Waals surface area contributed by atoms with Crippen LogP contribution < -0.4 is 10.0 Å². The summed E-state index contributed by atoms with van der Waals surface area (Å²) in [5.41, 5.74) is 2.01. The van der Waals surface area contributed by atoms with Gasteiger partial charge in [-0.3, -0.25) is 0 Å². The van der Waals surface area contributed by atoms with Crippen molar-refractivity contribution >= 4 is 47.6 Å². The molecule has 1 aromatic heterocycles. The molecule has 1 heterocycles. The van der Waals surface area contributed by atoms with E-state index in [4.69, 9.17) is 4.42 Å². The van der Waals surface area contributed by atoms with E-state index in [0.717, 1.165) is 20.2 Å². The van der Waals surface area contributed by atoms with Crippen molar-refractivity contribution in [1.29, 1.82) is 0 Å². The van der Waals surface area contributed by atoms with Gasteiger partial charge < -0.3 is 9.73 Å². The topological polar surface area (TPSA) is 71.3 Å². The largest absolute Gasteiger partial charge is 0.446 e. The van der Waals surface area contributed by atoms with E-state index in [9.17, 15) is 8.42 Å². The highest BCUT2D eigenvalue weighted by molar-refractivity contribution is 9.11. The molecule has 2 aromatic rings. The summed E-state index contributed by atoms with van der Waals surface area (Å²) in [6.07, 6.45) is 0. The van der Waals surface area contributed by atoms with E-state index in [0.29, 0.717) is 12.3 Å². The van der Waals surface area contributed by atoms with E-state index in [2.05, 4.69) is 41.9 Å². The number of nitrogens with one attached hydrogen (secondary N) is 2. The number of furan rings is 1. The highest BCUT2D eigenvalue weighted by Crippen LogP contribution is 2.32. The van der Waals surface area contributed by atoms with Crippen LogP contribution in [0.4, 0.5) is 5.69 Å². The van der Waals surface area contributed by atoms with Crippen LogP contribution in [0.15, 0.2) is 42.7 Å². The number of hydrogen-bond acceptors (Lipinski definition) is 4. The second kappa shape index (κ2) is 6.51. The average Bonchev–Trinajstić information content (AvgIpc) is 2.87. The highest BCUT2D eigenvalue weighted by Gasteiger charge is 2.16. The van der Waals surface area contributed by atoms with Crippen molar-refractivity contribution in [2.45, 2.75) is 18.6 Å². The Kier molecular flexibility index (Phi) is 5.13. The fraction of sp³-hybridized carbons (Fsp3) is 0.231. The van der Waals surface area contributed by atoms with Crippen LogP contribution in [0.25, 0.3) is 0 Å². The Morgan fingerprint density at radius 2 is 1.81 bits per heavy atom. The normalized spacial score (nSPS) is 11.6. The molecule has 0 atom stereocenters. The summed E-state index contributed by atoms with van der Waals surface area (Å²) in [5.74, 6) is 0.531. The lowest BCUT2D eigenvalue weighted by molar-refractivity contribution is 0.417. The van der Waals surface area contributed by atoms with Crippen LogP contribution in [0, 0.1) is 6.92 Å². The Morgan fingerprint density at radius 3 is 2.38 bits per heavy atom. The fourth-order valence-corrected chi connectivity index (χ4v) is 4.10. The summed E-state index contributed by atoms with van der Waals surface area (Å²) in [5, 5.41) is 3.11. The van der Waals surface area contributed by atoms with Gasteiger partial charge in [-0.1, -0.05) is 0 Å². The number of benzene rings is 1. The molecule has 0 fully saturated rings. The lowest BCUT2D eigenvalue weighted by Crippen LogP contribution is -2.17. The van der Waals surface area contributed by atoms with E-state index >= 15 is 0 Å². The van der Waals surface area contributed by atoms with Gasteiger partial charge in [-0.2, -0.15) is 0 Å². The summed E-state index contributed by atoms with van der Waals surface area (Å²) in [4.78, 5) is 0. The SMILES string of the molecule is CNS(=O)(=O)c1ccc(CNc2c(Br)cc(C)cc2Br)o1. The molecule has 0 aliphatic rings. The van der Waals surface area contributed by atoms with Gasteiger partial charge in [-0.05, 0) is 75.7 Å². The van der Waals surface area contributed by atoms with Gasteiger partial charge in [0.05, 0.1) is 12.2 Å². The van der Waals surface area contributed by atoms with Gasteiger partial charge in [0.15, 0.2) is 0 Å². The zero-order valence-electron chi connectivity index (χ0n) is 11.4. The van der Waals surface area contributed by atoms with Crippen molar-refractivity contribution in [2.24, 2.45) is 0 Å². The predicted octanol–water partition coefficient (Wildman–Crippen LogP) is 3.63. The monoisotopic (exact) mass is 436 g/mol. The molecule has 0 amide bonds. The van der Waals surface area contributed by atoms with Gasteiger partial charge in [-0.25, -0.2) is 13.1 Å². The van der Waals surface area contributed by atoms with Crippen molar-refractivity contribution in [3.63, 3.8) is 0 Å². The highest BCUT2D eigenvalue weighted by atomic mass is 79.9. The summed E-state index contributed by atoms with van der Waals surface area (Å²) in [6.45, 7) is 2.38. The van der Waals surface area contributed by atoms with Gasteiger partial charge in [0.25, 0.3) is 10.0 Å². The lowest BCUT2D eigenvalue weighted by atomic mass is 10.2. The molecule has 0 unspecified atom stereocenters. The number of aryl methyl sites for hydroxylation is 1. The van der Waals surface area contributed by atoms with Crippen LogP contribution in [-0.2, 0) is 16.6 Å². The van der Waals surface area contributed by atoms with E-state index in [1.165, 1.54) is 13.1 Å².